The van der Waals surface area contributed by atoms with E-state index in [4.69, 9.17) is 79.5 Å². The molecule has 234 valence electrons. The molecule has 0 radical (unpaired) electrons. The van der Waals surface area contributed by atoms with Crippen LogP contribution in [0, 0.1) is 0 Å². The molecule has 39 heavy (non-hydrogen) atoms. The van der Waals surface area contributed by atoms with Gasteiger partial charge in [-0.3, -0.25) is 0 Å². The van der Waals surface area contributed by atoms with Gasteiger partial charge < -0.3 is 84.2 Å². The summed E-state index contributed by atoms with van der Waals surface area (Å²) >= 11 is 0. The van der Waals surface area contributed by atoms with E-state index < -0.39 is 68.0 Å². The van der Waals surface area contributed by atoms with E-state index in [2.05, 4.69) is 4.74 Å². The summed E-state index contributed by atoms with van der Waals surface area (Å²) in [6.07, 6.45) is -10.9. The summed E-state index contributed by atoms with van der Waals surface area (Å²) in [7, 11) is 0. The van der Waals surface area contributed by atoms with Crippen LogP contribution in [0.3, 0.4) is 0 Å². The SMILES string of the molecule is OCCOC[C@@H]1O[C@@H](OCCO)[C@@H](OCCO)[C@H](OCCO)[C@H]1OCCO.OC[C@@H]1O[C@@H](O)[C@@H](O)[C@H](O)[C@H]1O. The van der Waals surface area contributed by atoms with Crippen molar-refractivity contribution >= 4 is 0 Å². The van der Waals surface area contributed by atoms with Crippen molar-refractivity contribution < 1.29 is 84.2 Å². The molecule has 2 fully saturated rings. The molecule has 2 saturated heterocycles. The van der Waals surface area contributed by atoms with Crippen LogP contribution in [0.1, 0.15) is 0 Å². The van der Waals surface area contributed by atoms with Crippen molar-refractivity contribution in [2.75, 3.05) is 79.3 Å². The van der Waals surface area contributed by atoms with Gasteiger partial charge >= 0.3 is 0 Å². The molecule has 0 saturated carbocycles. The summed E-state index contributed by atoms with van der Waals surface area (Å²) in [5.74, 6) is 0. The minimum atomic E-state index is -1.57. The van der Waals surface area contributed by atoms with E-state index >= 15 is 0 Å². The van der Waals surface area contributed by atoms with Crippen LogP contribution < -0.4 is 0 Å². The third kappa shape index (κ3) is 12.0. The Balaban J connectivity index is 0.000000525. The fraction of sp³-hybridized carbons (Fsp3) is 1.00. The van der Waals surface area contributed by atoms with Crippen molar-refractivity contribution in [1.82, 2.24) is 0 Å². The zero-order chi connectivity index (χ0) is 29.2. The number of aliphatic hydroxyl groups excluding tert-OH is 10. The second kappa shape index (κ2) is 21.1. The summed E-state index contributed by atoms with van der Waals surface area (Å²) < 4.78 is 38.3. The predicted molar refractivity (Wildman–Crippen MR) is 126 cm³/mol. The Labute approximate surface area is 225 Å². The Hall–Kier alpha value is -0.680. The molecule has 0 amide bonds. The fourth-order valence-corrected chi connectivity index (χ4v) is 3.80. The summed E-state index contributed by atoms with van der Waals surface area (Å²) in [4.78, 5) is 0. The third-order valence-corrected chi connectivity index (χ3v) is 5.55. The lowest BCUT2D eigenvalue weighted by Gasteiger charge is -2.45. The van der Waals surface area contributed by atoms with Crippen molar-refractivity contribution in [3.63, 3.8) is 0 Å². The van der Waals surface area contributed by atoms with Crippen molar-refractivity contribution in [3.8, 4) is 0 Å². The molecule has 0 aromatic rings. The maximum atomic E-state index is 9.13. The lowest BCUT2D eigenvalue weighted by atomic mass is 9.98. The Morgan fingerprint density at radius 1 is 0.487 bits per heavy atom. The summed E-state index contributed by atoms with van der Waals surface area (Å²) in [6.45, 7) is -1.46. The standard InChI is InChI=1S/C16H32O11.C6H12O6/c17-1-6-22-11-12-13(23-7-2-18)14(24-8-3-19)15(25-9-4-20)16(27-12)26-10-5-21;7-1-2-3(8)4(9)5(10)6(11)12-2/h12-21H,1-11H2;2-11H,1H2/t12-,13-,14+,15-,16+;2-,3-,4+,5-,6+/m00/s1. The van der Waals surface area contributed by atoms with Crippen LogP contribution in [0.25, 0.3) is 0 Å². The van der Waals surface area contributed by atoms with Crippen LogP contribution in [0.15, 0.2) is 0 Å². The quantitative estimate of drug-likeness (QED) is 0.0717. The van der Waals surface area contributed by atoms with Crippen molar-refractivity contribution in [2.24, 2.45) is 0 Å². The molecule has 17 heteroatoms. The van der Waals surface area contributed by atoms with Crippen molar-refractivity contribution in [3.05, 3.63) is 0 Å². The molecule has 10 atom stereocenters. The van der Waals surface area contributed by atoms with E-state index in [1.54, 1.807) is 0 Å². The molecule has 0 spiro atoms. The van der Waals surface area contributed by atoms with Crippen molar-refractivity contribution in [1.29, 1.82) is 0 Å². The number of hydrogen-bond donors (Lipinski definition) is 10. The maximum absolute atomic E-state index is 9.13. The molecule has 10 N–H and O–H groups in total. The zero-order valence-corrected chi connectivity index (χ0v) is 21.6. The van der Waals surface area contributed by atoms with Crippen LogP contribution in [-0.2, 0) is 33.2 Å². The van der Waals surface area contributed by atoms with E-state index in [1.165, 1.54) is 0 Å². The smallest absolute Gasteiger partial charge is 0.187 e. The van der Waals surface area contributed by atoms with Gasteiger partial charge in [-0.1, -0.05) is 0 Å². The second-order valence-electron chi connectivity index (χ2n) is 8.33. The first kappa shape index (κ1) is 36.3. The van der Waals surface area contributed by atoms with E-state index in [9.17, 15) is 0 Å². The average Bonchev–Trinajstić information content (AvgIpc) is 2.94. The van der Waals surface area contributed by atoms with Gasteiger partial charge in [-0.25, -0.2) is 0 Å². The Morgan fingerprint density at radius 3 is 1.54 bits per heavy atom. The number of aliphatic hydroxyl groups is 10. The highest BCUT2D eigenvalue weighted by molar-refractivity contribution is 4.93. The normalized spacial score (nSPS) is 34.9. The Bertz CT molecular complexity index is 584. The third-order valence-electron chi connectivity index (χ3n) is 5.55. The van der Waals surface area contributed by atoms with E-state index in [0.29, 0.717) is 0 Å². The average molecular weight is 581 g/mol. The maximum Gasteiger partial charge on any atom is 0.187 e. The fourth-order valence-electron chi connectivity index (χ4n) is 3.80. The highest BCUT2D eigenvalue weighted by atomic mass is 16.7. The number of ether oxygens (including phenoxy) is 7. The van der Waals surface area contributed by atoms with Crippen LogP contribution in [0.4, 0.5) is 0 Å². The monoisotopic (exact) mass is 580 g/mol. The summed E-state index contributed by atoms with van der Waals surface area (Å²) in [6, 6.07) is 0. The molecule has 2 rings (SSSR count). The first-order valence-electron chi connectivity index (χ1n) is 12.5. The van der Waals surface area contributed by atoms with Crippen LogP contribution in [-0.4, -0.2) is 192 Å². The lowest BCUT2D eigenvalue weighted by Crippen LogP contribution is -2.62. The van der Waals surface area contributed by atoms with Gasteiger partial charge in [-0.05, 0) is 0 Å². The first-order chi connectivity index (χ1) is 18.8. The minimum absolute atomic E-state index is 0.000423. The summed E-state index contributed by atoms with van der Waals surface area (Å²) in [5, 5.41) is 89.9. The van der Waals surface area contributed by atoms with Gasteiger partial charge in [-0.15, -0.1) is 0 Å². The van der Waals surface area contributed by atoms with Gasteiger partial charge in [-0.2, -0.15) is 0 Å². The Morgan fingerprint density at radius 2 is 1.00 bits per heavy atom. The van der Waals surface area contributed by atoms with Gasteiger partial charge in [0.05, 0.1) is 79.3 Å². The molecular formula is C22H44O17. The van der Waals surface area contributed by atoms with Gasteiger partial charge in [0.15, 0.2) is 12.6 Å². The second-order valence-corrected chi connectivity index (χ2v) is 8.33. The van der Waals surface area contributed by atoms with E-state index in [0.717, 1.165) is 0 Å². The zero-order valence-electron chi connectivity index (χ0n) is 21.6. The topological polar surface area (TPSA) is 267 Å². The minimum Gasteiger partial charge on any atom is -0.394 e. The number of hydrogen-bond acceptors (Lipinski definition) is 17. The lowest BCUT2D eigenvalue weighted by molar-refractivity contribution is -0.325. The highest BCUT2D eigenvalue weighted by Gasteiger charge is 2.49. The molecule has 17 nitrogen and oxygen atoms in total. The van der Waals surface area contributed by atoms with Crippen LogP contribution in [0.5, 0.6) is 0 Å². The van der Waals surface area contributed by atoms with E-state index in [-0.39, 0.29) is 72.7 Å². The molecule has 2 heterocycles. The summed E-state index contributed by atoms with van der Waals surface area (Å²) in [5.41, 5.74) is 0. The molecule has 0 bridgehead atoms. The van der Waals surface area contributed by atoms with Gasteiger partial charge in [0.1, 0.15) is 48.8 Å². The molecule has 2 aliphatic heterocycles. The first-order valence-corrected chi connectivity index (χ1v) is 12.5. The molecule has 2 aliphatic rings. The molecular weight excluding hydrogens is 536 g/mol. The van der Waals surface area contributed by atoms with Crippen molar-refractivity contribution in [2.45, 2.75) is 61.4 Å². The van der Waals surface area contributed by atoms with Gasteiger partial charge in [0.25, 0.3) is 0 Å². The predicted octanol–water partition coefficient (Wildman–Crippen LogP) is -6.36. The molecule has 0 aliphatic carbocycles. The molecule has 0 aromatic carbocycles. The van der Waals surface area contributed by atoms with E-state index in [1.807, 2.05) is 0 Å². The van der Waals surface area contributed by atoms with Crippen LogP contribution in [0.2, 0.25) is 0 Å². The highest BCUT2D eigenvalue weighted by Crippen LogP contribution is 2.29. The van der Waals surface area contributed by atoms with Gasteiger partial charge in [0.2, 0.25) is 0 Å². The molecule has 0 aromatic heterocycles. The molecule has 0 unspecified atom stereocenters. The van der Waals surface area contributed by atoms with Crippen LogP contribution >= 0.6 is 0 Å². The van der Waals surface area contributed by atoms with Gasteiger partial charge in [0, 0.05) is 0 Å². The Kier molecular flexibility index (Phi) is 19.7. The largest absolute Gasteiger partial charge is 0.394 e. The number of rotatable bonds is 17.